The minimum Gasteiger partial charge on any atom is -0.482 e. The van der Waals surface area contributed by atoms with Crippen molar-refractivity contribution in [2.24, 2.45) is 5.73 Å². The number of carbonyl (C=O) groups is 2. The molecule has 3 N–H and O–H groups in total. The fourth-order valence-electron chi connectivity index (χ4n) is 2.50. The Bertz CT molecular complexity index is 521. The zero-order chi connectivity index (χ0) is 16.0. The van der Waals surface area contributed by atoms with Gasteiger partial charge in [-0.15, -0.1) is 0 Å². The number of carbonyl (C=O) groups excluding carboxylic acids is 2. The number of nitrogens with two attached hydrogens (primary N) is 1. The Kier molecular flexibility index (Phi) is 5.38. The number of rotatable bonds is 5. The molecule has 1 fully saturated rings. The molecule has 0 bridgehead atoms. The second kappa shape index (κ2) is 7.26. The van der Waals surface area contributed by atoms with Gasteiger partial charge < -0.3 is 20.5 Å². The molecule has 6 nitrogen and oxygen atoms in total. The minimum atomic E-state index is -0.766. The minimum absolute atomic E-state index is 0.143. The molecule has 0 heterocycles. The van der Waals surface area contributed by atoms with E-state index in [1.807, 2.05) is 0 Å². The van der Waals surface area contributed by atoms with Gasteiger partial charge in [0.05, 0.1) is 12.6 Å². The first-order valence-electron chi connectivity index (χ1n) is 7.43. The average molecular weight is 306 g/mol. The van der Waals surface area contributed by atoms with Crippen molar-refractivity contribution < 1.29 is 19.1 Å². The summed E-state index contributed by atoms with van der Waals surface area (Å²) in [5.41, 5.74) is 6.08. The molecule has 0 saturated heterocycles. The van der Waals surface area contributed by atoms with Crippen molar-refractivity contribution in [1.29, 1.82) is 0 Å². The first-order chi connectivity index (χ1) is 10.5. The topological polar surface area (TPSA) is 90.6 Å². The van der Waals surface area contributed by atoms with Crippen molar-refractivity contribution in [2.75, 3.05) is 19.0 Å². The lowest BCUT2D eigenvalue weighted by atomic mass is 9.82. The van der Waals surface area contributed by atoms with Gasteiger partial charge in [-0.05, 0) is 37.1 Å². The first-order valence-corrected chi connectivity index (χ1v) is 7.43. The standard InChI is InChI=1S/C16H22N2O4/c1-21-14(19)11-22-13-7-5-12(6-8-13)18-15(20)16(17)9-3-2-4-10-16/h5-8H,2-4,9-11,17H2,1H3,(H,18,20). The third-order valence-electron chi connectivity index (χ3n) is 3.89. The number of methoxy groups -OCH3 is 1. The van der Waals surface area contributed by atoms with Gasteiger partial charge in [0.25, 0.3) is 0 Å². The molecule has 2 rings (SSSR count). The molecule has 1 aliphatic carbocycles. The van der Waals surface area contributed by atoms with Gasteiger partial charge in [0.1, 0.15) is 5.75 Å². The van der Waals surface area contributed by atoms with Gasteiger partial charge >= 0.3 is 5.97 Å². The summed E-state index contributed by atoms with van der Waals surface area (Å²) < 4.78 is 9.73. The van der Waals surface area contributed by atoms with Crippen molar-refractivity contribution in [3.8, 4) is 5.75 Å². The predicted octanol–water partition coefficient (Wildman–Crippen LogP) is 1.84. The predicted molar refractivity (Wildman–Crippen MR) is 82.6 cm³/mol. The zero-order valence-electron chi connectivity index (χ0n) is 12.8. The molecule has 0 aromatic heterocycles. The summed E-state index contributed by atoms with van der Waals surface area (Å²) in [4.78, 5) is 23.3. The lowest BCUT2D eigenvalue weighted by Crippen LogP contribution is -2.52. The highest BCUT2D eigenvalue weighted by atomic mass is 16.6. The SMILES string of the molecule is COC(=O)COc1ccc(NC(=O)C2(N)CCCCC2)cc1. The van der Waals surface area contributed by atoms with E-state index in [2.05, 4.69) is 10.1 Å². The van der Waals surface area contributed by atoms with E-state index < -0.39 is 11.5 Å². The van der Waals surface area contributed by atoms with Crippen LogP contribution in [0.2, 0.25) is 0 Å². The van der Waals surface area contributed by atoms with Crippen LogP contribution in [-0.4, -0.2) is 31.1 Å². The monoisotopic (exact) mass is 306 g/mol. The Morgan fingerprint density at radius 3 is 2.41 bits per heavy atom. The van der Waals surface area contributed by atoms with Gasteiger partial charge in [-0.1, -0.05) is 19.3 Å². The second-order valence-electron chi connectivity index (χ2n) is 5.56. The summed E-state index contributed by atoms with van der Waals surface area (Å²) in [6, 6.07) is 6.80. The van der Waals surface area contributed by atoms with Gasteiger partial charge in [0.2, 0.25) is 5.91 Å². The lowest BCUT2D eigenvalue weighted by Gasteiger charge is -2.31. The van der Waals surface area contributed by atoms with Gasteiger partial charge in [-0.3, -0.25) is 4.79 Å². The van der Waals surface area contributed by atoms with Crippen LogP contribution >= 0.6 is 0 Å². The molecular formula is C16H22N2O4. The Labute approximate surface area is 130 Å². The fourth-order valence-corrected chi connectivity index (χ4v) is 2.50. The Hall–Kier alpha value is -2.08. The molecule has 22 heavy (non-hydrogen) atoms. The van der Waals surface area contributed by atoms with Crippen LogP contribution in [0, 0.1) is 0 Å². The molecule has 120 valence electrons. The van der Waals surface area contributed by atoms with Gasteiger partial charge in [-0.2, -0.15) is 0 Å². The van der Waals surface area contributed by atoms with E-state index >= 15 is 0 Å². The van der Waals surface area contributed by atoms with Crippen molar-refractivity contribution in [2.45, 2.75) is 37.6 Å². The number of anilines is 1. The number of nitrogens with one attached hydrogen (secondary N) is 1. The molecule has 0 atom stereocenters. The fraction of sp³-hybridized carbons (Fsp3) is 0.500. The lowest BCUT2D eigenvalue weighted by molar-refractivity contribution is -0.142. The Morgan fingerprint density at radius 1 is 1.18 bits per heavy atom. The van der Waals surface area contributed by atoms with E-state index in [4.69, 9.17) is 10.5 Å². The molecular weight excluding hydrogens is 284 g/mol. The quantitative estimate of drug-likeness (QED) is 0.810. The zero-order valence-corrected chi connectivity index (χ0v) is 12.8. The maximum atomic E-state index is 12.3. The number of ether oxygens (including phenoxy) is 2. The van der Waals surface area contributed by atoms with E-state index in [-0.39, 0.29) is 12.5 Å². The van der Waals surface area contributed by atoms with Gasteiger partial charge in [-0.25, -0.2) is 4.79 Å². The third kappa shape index (κ3) is 4.21. The number of esters is 1. The van der Waals surface area contributed by atoms with Crippen LogP contribution in [0.3, 0.4) is 0 Å². The van der Waals surface area contributed by atoms with Crippen LogP contribution < -0.4 is 15.8 Å². The first kappa shape index (κ1) is 16.3. The number of benzene rings is 1. The van der Waals surface area contributed by atoms with Gasteiger partial charge in [0.15, 0.2) is 6.61 Å². The van der Waals surface area contributed by atoms with Crippen molar-refractivity contribution in [3.63, 3.8) is 0 Å². The molecule has 1 amide bonds. The molecule has 1 saturated carbocycles. The molecule has 6 heteroatoms. The van der Waals surface area contributed by atoms with Crippen LogP contribution in [0.4, 0.5) is 5.69 Å². The van der Waals surface area contributed by atoms with E-state index in [9.17, 15) is 9.59 Å². The molecule has 1 aromatic carbocycles. The molecule has 0 unspecified atom stereocenters. The summed E-state index contributed by atoms with van der Waals surface area (Å²) in [7, 11) is 1.30. The van der Waals surface area contributed by atoms with E-state index in [1.54, 1.807) is 24.3 Å². The summed E-state index contributed by atoms with van der Waals surface area (Å²) in [6.45, 7) is -0.145. The summed E-state index contributed by atoms with van der Waals surface area (Å²) >= 11 is 0. The van der Waals surface area contributed by atoms with Crippen LogP contribution in [0.1, 0.15) is 32.1 Å². The van der Waals surface area contributed by atoms with Crippen LogP contribution in [-0.2, 0) is 14.3 Å². The highest BCUT2D eigenvalue weighted by Crippen LogP contribution is 2.27. The highest BCUT2D eigenvalue weighted by Gasteiger charge is 2.35. The smallest absolute Gasteiger partial charge is 0.343 e. The van der Waals surface area contributed by atoms with Gasteiger partial charge in [0, 0.05) is 5.69 Å². The molecule has 1 aliphatic rings. The van der Waals surface area contributed by atoms with Crippen LogP contribution in [0.5, 0.6) is 5.75 Å². The van der Waals surface area contributed by atoms with E-state index in [0.29, 0.717) is 11.4 Å². The maximum absolute atomic E-state index is 12.3. The molecule has 0 spiro atoms. The summed E-state index contributed by atoms with van der Waals surface area (Å²) in [5, 5.41) is 2.84. The van der Waals surface area contributed by atoms with E-state index in [0.717, 1.165) is 32.1 Å². The maximum Gasteiger partial charge on any atom is 0.343 e. The Balaban J connectivity index is 1.90. The summed E-state index contributed by atoms with van der Waals surface area (Å²) in [5.74, 6) is -0.0568. The normalized spacial score (nSPS) is 16.6. The third-order valence-corrected chi connectivity index (χ3v) is 3.89. The molecule has 1 aromatic rings. The van der Waals surface area contributed by atoms with Crippen molar-refractivity contribution >= 4 is 17.6 Å². The largest absolute Gasteiger partial charge is 0.482 e. The van der Waals surface area contributed by atoms with Crippen LogP contribution in [0.25, 0.3) is 0 Å². The average Bonchev–Trinajstić information content (AvgIpc) is 2.54. The van der Waals surface area contributed by atoms with E-state index in [1.165, 1.54) is 7.11 Å². The van der Waals surface area contributed by atoms with Crippen molar-refractivity contribution in [1.82, 2.24) is 0 Å². The number of hydrogen-bond donors (Lipinski definition) is 2. The van der Waals surface area contributed by atoms with Crippen molar-refractivity contribution in [3.05, 3.63) is 24.3 Å². The molecule has 0 aliphatic heterocycles. The summed E-state index contributed by atoms with van der Waals surface area (Å²) in [6.07, 6.45) is 4.56. The van der Waals surface area contributed by atoms with Crippen LogP contribution in [0.15, 0.2) is 24.3 Å². The molecule has 0 radical (unpaired) electrons. The highest BCUT2D eigenvalue weighted by molar-refractivity contribution is 5.98. The number of hydrogen-bond acceptors (Lipinski definition) is 5. The Morgan fingerprint density at radius 2 is 1.82 bits per heavy atom. The number of amides is 1. The second-order valence-corrected chi connectivity index (χ2v) is 5.56.